The minimum atomic E-state index is -1.48. The van der Waals surface area contributed by atoms with Crippen LogP contribution in [0, 0.1) is 0 Å². The van der Waals surface area contributed by atoms with Crippen molar-refractivity contribution >= 4 is 14.8 Å². The first kappa shape index (κ1) is 6.97. The molecule has 0 saturated heterocycles. The van der Waals surface area contributed by atoms with E-state index < -0.39 is 14.8 Å². The maximum atomic E-state index is 8.00. The van der Waals surface area contributed by atoms with E-state index in [1.54, 1.807) is 0 Å². The SMILES string of the molecule is OBOCB(O)O. The maximum Gasteiger partial charge on any atom is 0.477 e. The van der Waals surface area contributed by atoms with Crippen LogP contribution < -0.4 is 0 Å². The third-order valence-corrected chi connectivity index (χ3v) is 0.358. The molecule has 4 nitrogen and oxygen atoms in total. The average Bonchev–Trinajstić information content (AvgIpc) is 1.61. The average molecular weight is 104 g/mol. The summed E-state index contributed by atoms with van der Waals surface area (Å²) in [4.78, 5) is 0. The zero-order chi connectivity index (χ0) is 5.70. The van der Waals surface area contributed by atoms with E-state index in [9.17, 15) is 0 Å². The van der Waals surface area contributed by atoms with Crippen molar-refractivity contribution in [3.63, 3.8) is 0 Å². The van der Waals surface area contributed by atoms with Gasteiger partial charge >= 0.3 is 14.8 Å². The molecule has 0 aromatic rings. The van der Waals surface area contributed by atoms with Crippen LogP contribution in [0.2, 0.25) is 0 Å². The Bertz CT molecular complexity index is 38.7. The predicted molar refractivity (Wildman–Crippen MR) is 25.5 cm³/mol. The van der Waals surface area contributed by atoms with Crippen molar-refractivity contribution in [3.8, 4) is 0 Å². The Morgan fingerprint density at radius 2 is 2.14 bits per heavy atom. The van der Waals surface area contributed by atoms with Crippen LogP contribution in [0.3, 0.4) is 0 Å². The van der Waals surface area contributed by atoms with Gasteiger partial charge in [0.05, 0.1) is 6.51 Å². The normalized spacial score (nSPS) is 8.43. The molecule has 0 aliphatic carbocycles. The molecule has 6 heteroatoms. The third-order valence-electron chi connectivity index (χ3n) is 0.358. The Labute approximate surface area is 42.2 Å². The van der Waals surface area contributed by atoms with Crippen molar-refractivity contribution in [2.75, 3.05) is 6.51 Å². The lowest BCUT2D eigenvalue weighted by molar-refractivity contribution is 0.284. The van der Waals surface area contributed by atoms with Crippen LogP contribution >= 0.6 is 0 Å². The highest BCUT2D eigenvalue weighted by Gasteiger charge is 2.04. The molecule has 0 aromatic heterocycles. The van der Waals surface area contributed by atoms with E-state index >= 15 is 0 Å². The summed E-state index contributed by atoms with van der Waals surface area (Å²) in [6.07, 6.45) is 0. The fourth-order valence-corrected chi connectivity index (χ4v) is 0.158. The second-order valence-electron chi connectivity index (χ2n) is 0.981. The number of rotatable bonds is 3. The highest BCUT2D eigenvalue weighted by molar-refractivity contribution is 6.41. The molecule has 7 heavy (non-hydrogen) atoms. The van der Waals surface area contributed by atoms with Crippen LogP contribution in [-0.4, -0.2) is 36.4 Å². The molecule has 0 atom stereocenters. The fourth-order valence-electron chi connectivity index (χ4n) is 0.158. The van der Waals surface area contributed by atoms with Crippen LogP contribution in [0.4, 0.5) is 0 Å². The molecule has 0 spiro atoms. The maximum absolute atomic E-state index is 8.00. The first-order valence-electron chi connectivity index (χ1n) is 1.82. The zero-order valence-electron chi connectivity index (χ0n) is 3.74. The zero-order valence-corrected chi connectivity index (χ0v) is 3.74. The number of hydrogen-bond donors (Lipinski definition) is 3. The van der Waals surface area contributed by atoms with Crippen molar-refractivity contribution in [1.29, 1.82) is 0 Å². The lowest BCUT2D eigenvalue weighted by atomic mass is 9.94. The molecule has 0 heterocycles. The molecule has 0 aromatic carbocycles. The van der Waals surface area contributed by atoms with Gasteiger partial charge in [-0.15, -0.1) is 0 Å². The van der Waals surface area contributed by atoms with E-state index in [4.69, 9.17) is 15.1 Å². The highest BCUT2D eigenvalue weighted by Crippen LogP contribution is 1.68. The lowest BCUT2D eigenvalue weighted by Crippen LogP contribution is -2.21. The van der Waals surface area contributed by atoms with Gasteiger partial charge < -0.3 is 19.7 Å². The second kappa shape index (κ2) is 4.14. The fraction of sp³-hybridized carbons (Fsp3) is 1.00. The second-order valence-corrected chi connectivity index (χ2v) is 0.981. The minimum Gasteiger partial charge on any atom is -0.430 e. The molecule has 0 saturated carbocycles. The topological polar surface area (TPSA) is 69.9 Å². The van der Waals surface area contributed by atoms with Gasteiger partial charge in [0.15, 0.2) is 0 Å². The summed E-state index contributed by atoms with van der Waals surface area (Å²) in [5.41, 5.74) is 0. The smallest absolute Gasteiger partial charge is 0.430 e. The van der Waals surface area contributed by atoms with Gasteiger partial charge in [-0.3, -0.25) is 0 Å². The number of hydrogen-bond acceptors (Lipinski definition) is 4. The summed E-state index contributed by atoms with van der Waals surface area (Å²) >= 11 is 0. The van der Waals surface area contributed by atoms with Gasteiger partial charge in [-0.1, -0.05) is 0 Å². The van der Waals surface area contributed by atoms with Crippen LogP contribution in [0.5, 0.6) is 0 Å². The Hall–Kier alpha value is -0.0301. The summed E-state index contributed by atoms with van der Waals surface area (Å²) in [7, 11) is -1.95. The molecule has 0 aliphatic rings. The molecule has 0 amide bonds. The first-order chi connectivity index (χ1) is 3.27. The van der Waals surface area contributed by atoms with Gasteiger partial charge in [0.2, 0.25) is 0 Å². The van der Waals surface area contributed by atoms with Crippen LogP contribution in [0.1, 0.15) is 0 Å². The van der Waals surface area contributed by atoms with Crippen LogP contribution in [-0.2, 0) is 4.65 Å². The Kier molecular flexibility index (Phi) is 4.12. The molecule has 3 N–H and O–H groups in total. The predicted octanol–water partition coefficient (Wildman–Crippen LogP) is -2.73. The molecular weight excluding hydrogens is 97.6 g/mol. The van der Waals surface area contributed by atoms with Gasteiger partial charge in [-0.2, -0.15) is 0 Å². The minimum absolute atomic E-state index is 0.240. The summed E-state index contributed by atoms with van der Waals surface area (Å²) in [6.45, 7) is -0.240. The van der Waals surface area contributed by atoms with Crippen molar-refractivity contribution in [2.24, 2.45) is 0 Å². The van der Waals surface area contributed by atoms with Gasteiger partial charge in [0.25, 0.3) is 0 Å². The largest absolute Gasteiger partial charge is 0.477 e. The molecule has 0 bridgehead atoms. The van der Waals surface area contributed by atoms with Crippen LogP contribution in [0.25, 0.3) is 0 Å². The standard InChI is InChI=1S/CH6B2O4/c4-2-7-1-3(5)6/h2,4-6H,1H2. The Morgan fingerprint density at radius 1 is 1.57 bits per heavy atom. The van der Waals surface area contributed by atoms with Crippen LogP contribution in [0.15, 0.2) is 0 Å². The Balaban J connectivity index is 2.68. The Morgan fingerprint density at radius 3 is 2.29 bits per heavy atom. The van der Waals surface area contributed by atoms with E-state index in [1.165, 1.54) is 0 Å². The molecule has 0 radical (unpaired) electrons. The van der Waals surface area contributed by atoms with E-state index in [0.29, 0.717) is 0 Å². The molecule has 40 valence electrons. The van der Waals surface area contributed by atoms with Gasteiger partial charge in [0, 0.05) is 0 Å². The van der Waals surface area contributed by atoms with E-state index in [0.717, 1.165) is 0 Å². The van der Waals surface area contributed by atoms with Crippen molar-refractivity contribution in [3.05, 3.63) is 0 Å². The summed E-state index contributed by atoms with van der Waals surface area (Å²) in [5.74, 6) is 0. The lowest BCUT2D eigenvalue weighted by Gasteiger charge is -1.93. The molecule has 0 rings (SSSR count). The first-order valence-corrected chi connectivity index (χ1v) is 1.82. The molecule has 0 unspecified atom stereocenters. The van der Waals surface area contributed by atoms with Crippen molar-refractivity contribution in [1.82, 2.24) is 0 Å². The highest BCUT2D eigenvalue weighted by atomic mass is 16.5. The molecule has 0 fully saturated rings. The van der Waals surface area contributed by atoms with Crippen molar-refractivity contribution < 1.29 is 19.7 Å². The monoisotopic (exact) mass is 104 g/mol. The summed E-state index contributed by atoms with van der Waals surface area (Å²) in [5, 5.41) is 23.9. The quantitative estimate of drug-likeness (QED) is 0.340. The van der Waals surface area contributed by atoms with Crippen molar-refractivity contribution in [2.45, 2.75) is 0 Å². The third kappa shape index (κ3) is 5.97. The van der Waals surface area contributed by atoms with Gasteiger partial charge in [-0.05, 0) is 0 Å². The molecule has 0 aliphatic heterocycles. The summed E-state index contributed by atoms with van der Waals surface area (Å²) in [6, 6.07) is 0. The van der Waals surface area contributed by atoms with E-state index in [1.807, 2.05) is 0 Å². The van der Waals surface area contributed by atoms with Gasteiger partial charge in [0.1, 0.15) is 0 Å². The molecular formula is CH6B2O4. The van der Waals surface area contributed by atoms with E-state index in [2.05, 4.69) is 4.65 Å². The summed E-state index contributed by atoms with van der Waals surface area (Å²) < 4.78 is 4.15. The van der Waals surface area contributed by atoms with E-state index in [-0.39, 0.29) is 6.51 Å². The van der Waals surface area contributed by atoms with Gasteiger partial charge in [-0.25, -0.2) is 0 Å².